The molecule has 0 fully saturated rings. The molecule has 164 valence electrons. The van der Waals surface area contributed by atoms with Gasteiger partial charge in [-0.2, -0.15) is 0 Å². The van der Waals surface area contributed by atoms with Crippen molar-refractivity contribution in [3.05, 3.63) is 94.3 Å². The molecule has 11 heteroatoms. The largest absolute Gasteiger partial charge is 2.00 e. The molecule has 0 atom stereocenters. The summed E-state index contributed by atoms with van der Waals surface area (Å²) in [6.07, 6.45) is 5.50. The van der Waals surface area contributed by atoms with Gasteiger partial charge in [0.15, 0.2) is 0 Å². The SMILES string of the molecule is [C-]#[N+]c1[c-]n(-c2cccc(C(C)(C)c3cccc(-n4[c-]c(C#N)c([N+]#[C-])n4)n3)n2)nc1C#N.[Pt+2]. The van der Waals surface area contributed by atoms with Gasteiger partial charge in [-0.3, -0.25) is 25.2 Å². The molecule has 0 bridgehead atoms. The summed E-state index contributed by atoms with van der Waals surface area (Å²) in [5, 5.41) is 26.5. The first-order valence-electron chi connectivity index (χ1n) is 9.47. The van der Waals surface area contributed by atoms with Gasteiger partial charge >= 0.3 is 21.1 Å². The van der Waals surface area contributed by atoms with E-state index in [1.807, 2.05) is 38.1 Å². The molecular formula is C23H12N10Pt. The van der Waals surface area contributed by atoms with Gasteiger partial charge in [0.2, 0.25) is 0 Å². The van der Waals surface area contributed by atoms with Crippen molar-refractivity contribution in [3.8, 4) is 23.8 Å². The predicted octanol–water partition coefficient (Wildman–Crippen LogP) is 3.62. The maximum atomic E-state index is 9.16. The van der Waals surface area contributed by atoms with Gasteiger partial charge in [0.05, 0.1) is 23.9 Å². The normalized spacial score (nSPS) is 10.3. The maximum Gasteiger partial charge on any atom is 2.00 e. The number of hydrogen-bond acceptors (Lipinski definition) is 6. The zero-order valence-electron chi connectivity index (χ0n) is 17.8. The summed E-state index contributed by atoms with van der Waals surface area (Å²) in [5.41, 5.74) is 0.743. The monoisotopic (exact) mass is 623 g/mol. The minimum Gasteiger partial charge on any atom is -0.359 e. The molecule has 0 N–H and O–H groups in total. The van der Waals surface area contributed by atoms with Crippen molar-refractivity contribution in [1.82, 2.24) is 29.5 Å². The van der Waals surface area contributed by atoms with Crippen molar-refractivity contribution in [2.45, 2.75) is 19.3 Å². The molecule has 34 heavy (non-hydrogen) atoms. The second-order valence-corrected chi connectivity index (χ2v) is 7.28. The van der Waals surface area contributed by atoms with Crippen LogP contribution in [-0.2, 0) is 26.5 Å². The first-order valence-corrected chi connectivity index (χ1v) is 9.47. The fourth-order valence-electron chi connectivity index (χ4n) is 3.08. The van der Waals surface area contributed by atoms with E-state index in [4.69, 9.17) is 23.7 Å². The van der Waals surface area contributed by atoms with E-state index < -0.39 is 5.41 Å². The van der Waals surface area contributed by atoms with Gasteiger partial charge in [0, 0.05) is 28.4 Å². The molecule has 0 radical (unpaired) electrons. The summed E-state index contributed by atoms with van der Waals surface area (Å²) in [7, 11) is 0. The van der Waals surface area contributed by atoms with Crippen molar-refractivity contribution in [2.24, 2.45) is 0 Å². The van der Waals surface area contributed by atoms with Gasteiger partial charge < -0.3 is 9.53 Å². The molecule has 0 aliphatic carbocycles. The Labute approximate surface area is 209 Å². The van der Waals surface area contributed by atoms with Gasteiger partial charge in [-0.05, 0) is 43.3 Å². The summed E-state index contributed by atoms with van der Waals surface area (Å²) in [4.78, 5) is 15.8. The summed E-state index contributed by atoms with van der Waals surface area (Å²) >= 11 is 0. The maximum absolute atomic E-state index is 9.16. The molecular weight excluding hydrogens is 611 g/mol. The van der Waals surface area contributed by atoms with Crippen LogP contribution in [0, 0.1) is 48.2 Å². The van der Waals surface area contributed by atoms with Crippen LogP contribution in [0.5, 0.6) is 0 Å². The molecule has 0 unspecified atom stereocenters. The molecule has 4 rings (SSSR count). The van der Waals surface area contributed by atoms with Crippen LogP contribution in [0.2, 0.25) is 0 Å². The Morgan fingerprint density at radius 3 is 1.91 bits per heavy atom. The third kappa shape index (κ3) is 4.19. The smallest absolute Gasteiger partial charge is 0.359 e. The van der Waals surface area contributed by atoms with Crippen LogP contribution in [0.1, 0.15) is 36.5 Å². The van der Waals surface area contributed by atoms with Gasteiger partial charge in [0.1, 0.15) is 5.69 Å². The minimum atomic E-state index is -0.659. The van der Waals surface area contributed by atoms with Crippen molar-refractivity contribution in [1.29, 1.82) is 10.5 Å². The standard InChI is InChI=1S/C23H12N10.Pt/c1-23(2,18-7-5-9-20(28-18)32-13-15(11-24)22(27-4)31-32)19-8-6-10-21(29-19)33-14-17(26-3)16(12-25)30-33;/h5-10H,1-2H3;/q-2;+2. The molecule has 0 saturated carbocycles. The number of nitrogens with zero attached hydrogens (tertiary/aromatic N) is 10. The van der Waals surface area contributed by atoms with Crippen LogP contribution in [-0.4, -0.2) is 29.5 Å². The molecule has 4 aromatic heterocycles. The molecule has 4 aromatic rings. The minimum absolute atomic E-state index is 0. The molecule has 0 aliphatic heterocycles. The van der Waals surface area contributed by atoms with Crippen LogP contribution in [0.3, 0.4) is 0 Å². The number of hydrogen-bond donors (Lipinski definition) is 0. The molecule has 4 heterocycles. The Hall–Kier alpha value is -4.63. The molecule has 0 aromatic carbocycles. The van der Waals surface area contributed by atoms with E-state index in [0.717, 1.165) is 0 Å². The van der Waals surface area contributed by atoms with Crippen LogP contribution >= 0.6 is 0 Å². The van der Waals surface area contributed by atoms with Crippen molar-refractivity contribution in [3.63, 3.8) is 0 Å². The number of aromatic nitrogens is 6. The molecule has 0 spiro atoms. The fourth-order valence-corrected chi connectivity index (χ4v) is 3.08. The summed E-state index contributed by atoms with van der Waals surface area (Å²) in [6.45, 7) is 18.2. The molecule has 0 saturated heterocycles. The average Bonchev–Trinajstić information content (AvgIpc) is 3.48. The van der Waals surface area contributed by atoms with E-state index in [-0.39, 0.29) is 43.8 Å². The Bertz CT molecular complexity index is 1370. The topological polar surface area (TPSA) is 118 Å². The van der Waals surface area contributed by atoms with Gasteiger partial charge in [0.25, 0.3) is 5.82 Å². The van der Waals surface area contributed by atoms with Crippen LogP contribution in [0.4, 0.5) is 11.5 Å². The Morgan fingerprint density at radius 1 is 0.882 bits per heavy atom. The summed E-state index contributed by atoms with van der Waals surface area (Å²) < 4.78 is 2.56. The Balaban J connectivity index is 0.00000324. The van der Waals surface area contributed by atoms with Gasteiger partial charge in [-0.15, -0.1) is 0 Å². The zero-order valence-corrected chi connectivity index (χ0v) is 20.0. The van der Waals surface area contributed by atoms with Crippen LogP contribution < -0.4 is 0 Å². The zero-order chi connectivity index (χ0) is 23.6. The average molecular weight is 623 g/mol. The van der Waals surface area contributed by atoms with Crippen LogP contribution in [0.25, 0.3) is 21.3 Å². The molecule has 10 nitrogen and oxygen atoms in total. The third-order valence-corrected chi connectivity index (χ3v) is 4.89. The van der Waals surface area contributed by atoms with E-state index in [2.05, 4.69) is 42.2 Å². The number of pyridine rings is 2. The predicted molar refractivity (Wildman–Crippen MR) is 114 cm³/mol. The Kier molecular flexibility index (Phi) is 6.69. The van der Waals surface area contributed by atoms with Crippen molar-refractivity contribution >= 4 is 11.5 Å². The fraction of sp³-hybridized carbons (Fsp3) is 0.130. The third-order valence-electron chi connectivity index (χ3n) is 4.89. The first-order chi connectivity index (χ1) is 15.9. The van der Waals surface area contributed by atoms with E-state index in [1.54, 1.807) is 24.3 Å². The summed E-state index contributed by atoms with van der Waals surface area (Å²) in [5.74, 6) is 0.775. The number of nitriles is 2. The van der Waals surface area contributed by atoms with Crippen molar-refractivity contribution in [2.75, 3.05) is 0 Å². The summed E-state index contributed by atoms with van der Waals surface area (Å²) in [6, 6.07) is 14.5. The van der Waals surface area contributed by atoms with Crippen LogP contribution in [0.15, 0.2) is 36.4 Å². The van der Waals surface area contributed by atoms with Gasteiger partial charge in [-0.1, -0.05) is 37.0 Å². The van der Waals surface area contributed by atoms with E-state index in [9.17, 15) is 0 Å². The van der Waals surface area contributed by atoms with E-state index in [0.29, 0.717) is 23.0 Å². The second kappa shape index (κ2) is 9.47. The quantitative estimate of drug-likeness (QED) is 0.321. The van der Waals surface area contributed by atoms with E-state index in [1.165, 1.54) is 9.36 Å². The first kappa shape index (κ1) is 24.0. The molecule has 0 aliphatic rings. The van der Waals surface area contributed by atoms with Gasteiger partial charge in [-0.25, -0.2) is 9.94 Å². The molecule has 0 amide bonds. The van der Waals surface area contributed by atoms with E-state index >= 15 is 0 Å². The Morgan fingerprint density at radius 2 is 1.47 bits per heavy atom. The van der Waals surface area contributed by atoms with Crippen molar-refractivity contribution < 1.29 is 21.1 Å². The second-order valence-electron chi connectivity index (χ2n) is 7.28. The number of rotatable bonds is 4.